The van der Waals surface area contributed by atoms with Crippen molar-refractivity contribution in [2.75, 3.05) is 20.8 Å². The fourth-order valence-corrected chi connectivity index (χ4v) is 3.45. The normalized spacial score (nSPS) is 12.3. The van der Waals surface area contributed by atoms with E-state index in [0.717, 1.165) is 23.1 Å². The molecule has 0 radical (unpaired) electrons. The number of methoxy groups -OCH3 is 1. The number of aromatic nitrogens is 2. The molecule has 0 fully saturated rings. The highest BCUT2D eigenvalue weighted by atomic mass is 16.5. The maximum absolute atomic E-state index is 13.0. The Balaban J connectivity index is 1.92. The fraction of sp³-hybridized carbons (Fsp3) is 0.364. The van der Waals surface area contributed by atoms with E-state index in [1.807, 2.05) is 50.4 Å². The average Bonchev–Trinajstić information content (AvgIpc) is 2.95. The molecule has 1 aromatic carbocycles. The minimum Gasteiger partial charge on any atom is -0.383 e. The molecule has 1 atom stereocenters. The van der Waals surface area contributed by atoms with Crippen LogP contribution in [-0.2, 0) is 11.3 Å². The molecule has 1 amide bonds. The first-order valence-corrected chi connectivity index (χ1v) is 9.22. The number of ether oxygens (including phenoxy) is 1. The van der Waals surface area contributed by atoms with Crippen molar-refractivity contribution in [3.63, 3.8) is 0 Å². The average molecular weight is 365 g/mol. The van der Waals surface area contributed by atoms with Crippen LogP contribution < -0.4 is 0 Å². The van der Waals surface area contributed by atoms with Gasteiger partial charge in [0.05, 0.1) is 18.3 Å². The molecule has 1 unspecified atom stereocenters. The van der Waals surface area contributed by atoms with E-state index in [0.29, 0.717) is 12.2 Å². The molecule has 2 aromatic heterocycles. The summed E-state index contributed by atoms with van der Waals surface area (Å²) in [6.07, 6.45) is 1.76. The van der Waals surface area contributed by atoms with Crippen molar-refractivity contribution in [1.82, 2.24) is 14.5 Å². The van der Waals surface area contributed by atoms with Crippen LogP contribution in [0.5, 0.6) is 0 Å². The second kappa shape index (κ2) is 7.92. The first-order chi connectivity index (χ1) is 13.0. The Kier molecular flexibility index (Phi) is 5.61. The van der Waals surface area contributed by atoms with Gasteiger partial charge < -0.3 is 14.2 Å². The van der Waals surface area contributed by atoms with Gasteiger partial charge in [-0.2, -0.15) is 0 Å². The van der Waals surface area contributed by atoms with E-state index in [4.69, 9.17) is 4.74 Å². The minimum atomic E-state index is -0.0940. The molecule has 0 aliphatic heterocycles. The van der Waals surface area contributed by atoms with Crippen molar-refractivity contribution in [3.05, 3.63) is 65.1 Å². The zero-order valence-electron chi connectivity index (χ0n) is 16.7. The largest absolute Gasteiger partial charge is 0.383 e. The summed E-state index contributed by atoms with van der Waals surface area (Å²) in [4.78, 5) is 19.2. The highest BCUT2D eigenvalue weighted by Crippen LogP contribution is 2.27. The van der Waals surface area contributed by atoms with Gasteiger partial charge in [0.1, 0.15) is 0 Å². The molecule has 3 rings (SSSR count). The first kappa shape index (κ1) is 19.1. The van der Waals surface area contributed by atoms with Gasteiger partial charge in [0.15, 0.2) is 0 Å². The third-order valence-electron chi connectivity index (χ3n) is 5.42. The lowest BCUT2D eigenvalue weighted by Crippen LogP contribution is -2.30. The van der Waals surface area contributed by atoms with Gasteiger partial charge in [-0.05, 0) is 56.7 Å². The summed E-state index contributed by atoms with van der Waals surface area (Å²) in [5.74, 6) is -0.00301. The maximum atomic E-state index is 13.0. The van der Waals surface area contributed by atoms with Gasteiger partial charge >= 0.3 is 0 Å². The summed E-state index contributed by atoms with van der Waals surface area (Å²) in [7, 11) is 3.54. The third-order valence-corrected chi connectivity index (χ3v) is 5.42. The summed E-state index contributed by atoms with van der Waals surface area (Å²) >= 11 is 0. The number of hydrogen-bond donors (Lipinski definition) is 0. The Morgan fingerprint density at radius 2 is 2.04 bits per heavy atom. The van der Waals surface area contributed by atoms with Gasteiger partial charge in [0, 0.05) is 49.1 Å². The molecule has 0 saturated heterocycles. The summed E-state index contributed by atoms with van der Waals surface area (Å²) in [6.45, 7) is 7.68. The van der Waals surface area contributed by atoms with E-state index in [9.17, 15) is 4.79 Å². The van der Waals surface area contributed by atoms with Crippen molar-refractivity contribution in [2.24, 2.45) is 0 Å². The predicted molar refractivity (Wildman–Crippen MR) is 108 cm³/mol. The van der Waals surface area contributed by atoms with E-state index in [1.54, 1.807) is 18.2 Å². The van der Waals surface area contributed by atoms with Crippen LogP contribution >= 0.6 is 0 Å². The summed E-state index contributed by atoms with van der Waals surface area (Å²) < 4.78 is 7.49. The van der Waals surface area contributed by atoms with Crippen LogP contribution in [0.1, 0.15) is 40.3 Å². The van der Waals surface area contributed by atoms with Gasteiger partial charge in [-0.15, -0.1) is 0 Å². The van der Waals surface area contributed by atoms with E-state index >= 15 is 0 Å². The van der Waals surface area contributed by atoms with Crippen LogP contribution in [0, 0.1) is 13.8 Å². The number of aryl methyl sites for hydroxylation is 1. The summed E-state index contributed by atoms with van der Waals surface area (Å²) in [5.41, 5.74) is 5.13. The summed E-state index contributed by atoms with van der Waals surface area (Å²) in [5, 5.41) is 1.12. The molecule has 0 saturated carbocycles. The molecule has 0 bridgehead atoms. The molecular formula is C22H27N3O2. The molecule has 0 N–H and O–H groups in total. The minimum absolute atomic E-state index is 0.00301. The Hall–Kier alpha value is -2.66. The molecule has 142 valence electrons. The third kappa shape index (κ3) is 3.60. The number of fused-ring (bicyclic) bond motifs is 1. The van der Waals surface area contributed by atoms with E-state index < -0.39 is 0 Å². The Labute approximate surface area is 160 Å². The lowest BCUT2D eigenvalue weighted by molar-refractivity contribution is 0.0740. The molecule has 27 heavy (non-hydrogen) atoms. The van der Waals surface area contributed by atoms with E-state index in [-0.39, 0.29) is 11.9 Å². The highest BCUT2D eigenvalue weighted by Gasteiger charge is 2.21. The van der Waals surface area contributed by atoms with Gasteiger partial charge in [0.25, 0.3) is 5.91 Å². The number of amides is 1. The molecule has 0 aliphatic rings. The van der Waals surface area contributed by atoms with Gasteiger partial charge in [-0.3, -0.25) is 9.78 Å². The van der Waals surface area contributed by atoms with E-state index in [2.05, 4.69) is 23.4 Å². The van der Waals surface area contributed by atoms with E-state index in [1.165, 1.54) is 11.3 Å². The monoisotopic (exact) mass is 365 g/mol. The van der Waals surface area contributed by atoms with Crippen LogP contribution in [-0.4, -0.2) is 41.1 Å². The molecular weight excluding hydrogens is 338 g/mol. The van der Waals surface area contributed by atoms with Crippen LogP contribution in [0.2, 0.25) is 0 Å². The maximum Gasteiger partial charge on any atom is 0.254 e. The number of pyridine rings is 1. The number of nitrogens with zero attached hydrogens (tertiary/aromatic N) is 3. The molecule has 5 nitrogen and oxygen atoms in total. The predicted octanol–water partition coefficient (Wildman–Crippen LogP) is 4.13. The summed E-state index contributed by atoms with van der Waals surface area (Å²) in [6, 6.07) is 11.6. The fourth-order valence-electron chi connectivity index (χ4n) is 3.45. The molecule has 3 aromatic rings. The SMILES string of the molecule is COCCn1c(C)c(C)c2cc(C(=O)N(C)C(C)c3ccccn3)ccc21. The molecule has 0 spiro atoms. The molecule has 0 aliphatic carbocycles. The quantitative estimate of drug-likeness (QED) is 0.660. The number of hydrogen-bond acceptors (Lipinski definition) is 3. The second-order valence-corrected chi connectivity index (χ2v) is 6.93. The lowest BCUT2D eigenvalue weighted by atomic mass is 10.1. The van der Waals surface area contributed by atoms with Gasteiger partial charge in [-0.1, -0.05) is 6.07 Å². The smallest absolute Gasteiger partial charge is 0.254 e. The number of rotatable bonds is 6. The lowest BCUT2D eigenvalue weighted by Gasteiger charge is -2.24. The second-order valence-electron chi connectivity index (χ2n) is 6.93. The standard InChI is InChI=1S/C22H27N3O2/c1-15-16(2)25(12-13-27-5)21-10-9-18(14-19(15)21)22(26)24(4)17(3)20-8-6-7-11-23-20/h6-11,14,17H,12-13H2,1-5H3. The zero-order chi connectivity index (χ0) is 19.6. The Bertz CT molecular complexity index is 947. The number of carbonyl (C=O) groups excluding carboxylic acids is 1. The van der Waals surface area contributed by atoms with Crippen LogP contribution in [0.25, 0.3) is 10.9 Å². The number of carbonyl (C=O) groups is 1. The van der Waals surface area contributed by atoms with Crippen LogP contribution in [0.4, 0.5) is 0 Å². The first-order valence-electron chi connectivity index (χ1n) is 9.22. The van der Waals surface area contributed by atoms with Gasteiger partial charge in [-0.25, -0.2) is 0 Å². The van der Waals surface area contributed by atoms with Crippen molar-refractivity contribution in [2.45, 2.75) is 33.4 Å². The van der Waals surface area contributed by atoms with Crippen molar-refractivity contribution >= 4 is 16.8 Å². The van der Waals surface area contributed by atoms with Crippen molar-refractivity contribution in [1.29, 1.82) is 0 Å². The van der Waals surface area contributed by atoms with Crippen molar-refractivity contribution < 1.29 is 9.53 Å². The number of benzene rings is 1. The van der Waals surface area contributed by atoms with Crippen LogP contribution in [0.3, 0.4) is 0 Å². The molecule has 2 heterocycles. The van der Waals surface area contributed by atoms with Crippen molar-refractivity contribution in [3.8, 4) is 0 Å². The zero-order valence-corrected chi connectivity index (χ0v) is 16.7. The Morgan fingerprint density at radius 3 is 2.70 bits per heavy atom. The van der Waals surface area contributed by atoms with Gasteiger partial charge in [0.2, 0.25) is 0 Å². The molecule has 5 heteroatoms. The Morgan fingerprint density at radius 1 is 1.26 bits per heavy atom. The van der Waals surface area contributed by atoms with Crippen LogP contribution in [0.15, 0.2) is 42.6 Å². The highest BCUT2D eigenvalue weighted by molar-refractivity contribution is 5.99. The topological polar surface area (TPSA) is 47.4 Å².